The van der Waals surface area contributed by atoms with Crippen LogP contribution in [-0.4, -0.2) is 52.9 Å². The van der Waals surface area contributed by atoms with Crippen molar-refractivity contribution >= 4 is 58.7 Å². The summed E-state index contributed by atoms with van der Waals surface area (Å²) >= 11 is 3.01. The van der Waals surface area contributed by atoms with Crippen molar-refractivity contribution in [3.8, 4) is 0 Å². The molecule has 0 atom stereocenters. The van der Waals surface area contributed by atoms with Crippen molar-refractivity contribution in [2.45, 2.75) is 4.90 Å². The fraction of sp³-hybridized carbons (Fsp3) is 0.167. The lowest BCUT2D eigenvalue weighted by molar-refractivity contribution is -0.126. The van der Waals surface area contributed by atoms with Crippen molar-refractivity contribution in [3.63, 3.8) is 0 Å². The summed E-state index contributed by atoms with van der Waals surface area (Å²) in [5, 5.41) is 4.91. The first-order chi connectivity index (χ1) is 16.2. The van der Waals surface area contributed by atoms with Crippen LogP contribution in [0.2, 0.25) is 0 Å². The first-order valence-electron chi connectivity index (χ1n) is 10.5. The second-order valence-corrected chi connectivity index (χ2v) is 9.56. The molecule has 0 saturated carbocycles. The van der Waals surface area contributed by atoms with Crippen molar-refractivity contribution < 1.29 is 9.59 Å². The van der Waals surface area contributed by atoms with Crippen LogP contribution < -0.4 is 10.2 Å². The second-order valence-electron chi connectivity index (χ2n) is 7.54. The number of para-hydroxylation sites is 1. The average Bonchev–Trinajstić information content (AvgIpc) is 3.31. The largest absolute Gasteiger partial charge is 0.337 e. The fourth-order valence-corrected chi connectivity index (χ4v) is 5.44. The van der Waals surface area contributed by atoms with E-state index >= 15 is 0 Å². The van der Waals surface area contributed by atoms with Gasteiger partial charge in [0.25, 0.3) is 5.91 Å². The minimum Gasteiger partial charge on any atom is -0.337 e. The molecule has 1 saturated heterocycles. The summed E-state index contributed by atoms with van der Waals surface area (Å²) in [6.45, 7) is 2.69. The summed E-state index contributed by atoms with van der Waals surface area (Å²) < 4.78 is 0. The van der Waals surface area contributed by atoms with Crippen LogP contribution in [0.15, 0.2) is 70.0 Å². The molecule has 7 nitrogen and oxygen atoms in total. The molecule has 1 aromatic carbocycles. The molecule has 2 aliphatic heterocycles. The monoisotopic (exact) mass is 475 g/mol. The standard InChI is InChI=1S/C24H21N5O2S2/c30-22(28-10-12-29(13-11-28)24-25-8-3-9-26-24)7-6-17-14-18(32-16-17)15-21-23(31)27-19-4-1-2-5-20(19)33-21/h1-9,14-16H,10-13H2,(H,27,31)/b7-6+,21-15-. The molecule has 0 aliphatic carbocycles. The van der Waals surface area contributed by atoms with E-state index in [1.54, 1.807) is 35.9 Å². The van der Waals surface area contributed by atoms with E-state index in [2.05, 4.69) is 20.2 Å². The molecule has 0 spiro atoms. The fourth-order valence-electron chi connectivity index (χ4n) is 3.62. The van der Waals surface area contributed by atoms with Crippen molar-refractivity contribution in [1.82, 2.24) is 14.9 Å². The molecule has 33 heavy (non-hydrogen) atoms. The third-order valence-corrected chi connectivity index (χ3v) is 7.33. The van der Waals surface area contributed by atoms with Gasteiger partial charge in [-0.15, -0.1) is 11.3 Å². The summed E-state index contributed by atoms with van der Waals surface area (Å²) in [5.41, 5.74) is 1.79. The molecule has 0 unspecified atom stereocenters. The zero-order valence-electron chi connectivity index (χ0n) is 17.7. The lowest BCUT2D eigenvalue weighted by Gasteiger charge is -2.34. The van der Waals surface area contributed by atoms with E-state index in [9.17, 15) is 9.59 Å². The summed E-state index contributed by atoms with van der Waals surface area (Å²) in [4.78, 5) is 40.2. The predicted octanol–water partition coefficient (Wildman–Crippen LogP) is 3.99. The maximum Gasteiger partial charge on any atom is 0.262 e. The second kappa shape index (κ2) is 9.60. The third kappa shape index (κ3) is 4.99. The number of carbonyl (C=O) groups is 2. The van der Waals surface area contributed by atoms with Gasteiger partial charge in [-0.3, -0.25) is 9.59 Å². The highest BCUT2D eigenvalue weighted by Crippen LogP contribution is 2.39. The van der Waals surface area contributed by atoms with Crippen LogP contribution in [0.25, 0.3) is 12.2 Å². The van der Waals surface area contributed by atoms with E-state index in [0.717, 1.165) is 21.0 Å². The molecule has 9 heteroatoms. The van der Waals surface area contributed by atoms with Crippen LogP contribution in [-0.2, 0) is 9.59 Å². The van der Waals surface area contributed by atoms with Gasteiger partial charge in [0.1, 0.15) is 0 Å². The van der Waals surface area contributed by atoms with E-state index in [1.165, 1.54) is 11.8 Å². The Labute approximate surface area is 199 Å². The van der Waals surface area contributed by atoms with Gasteiger partial charge in [0.2, 0.25) is 11.9 Å². The average molecular weight is 476 g/mol. The highest BCUT2D eigenvalue weighted by atomic mass is 32.2. The molecular formula is C24H21N5O2S2. The molecule has 3 aromatic rings. The zero-order chi connectivity index (χ0) is 22.6. The van der Waals surface area contributed by atoms with Gasteiger partial charge in [0.15, 0.2) is 0 Å². The van der Waals surface area contributed by atoms with Crippen LogP contribution in [0.1, 0.15) is 10.4 Å². The van der Waals surface area contributed by atoms with Crippen molar-refractivity contribution in [1.29, 1.82) is 0 Å². The van der Waals surface area contributed by atoms with Crippen LogP contribution in [0.3, 0.4) is 0 Å². The molecular weight excluding hydrogens is 454 g/mol. The molecule has 4 heterocycles. The first-order valence-corrected chi connectivity index (χ1v) is 12.2. The smallest absolute Gasteiger partial charge is 0.262 e. The SMILES string of the molecule is O=C1Nc2ccccc2S/C1=C\c1cc(/C=C/C(=O)N2CCN(c3ncccn3)CC2)cs1. The van der Waals surface area contributed by atoms with Crippen molar-refractivity contribution in [2.24, 2.45) is 0 Å². The predicted molar refractivity (Wildman–Crippen MR) is 133 cm³/mol. The van der Waals surface area contributed by atoms with Gasteiger partial charge >= 0.3 is 0 Å². The zero-order valence-corrected chi connectivity index (χ0v) is 19.3. The van der Waals surface area contributed by atoms with Crippen LogP contribution in [0, 0.1) is 0 Å². The number of hydrogen-bond donors (Lipinski definition) is 1. The quantitative estimate of drug-likeness (QED) is 0.575. The highest BCUT2D eigenvalue weighted by molar-refractivity contribution is 8.04. The van der Waals surface area contributed by atoms with E-state index in [-0.39, 0.29) is 11.8 Å². The maximum absolute atomic E-state index is 12.6. The minimum atomic E-state index is -0.0978. The molecule has 0 bridgehead atoms. The van der Waals surface area contributed by atoms with E-state index in [0.29, 0.717) is 37.0 Å². The van der Waals surface area contributed by atoms with Crippen molar-refractivity contribution in [2.75, 3.05) is 36.4 Å². The summed E-state index contributed by atoms with van der Waals surface area (Å²) in [6, 6.07) is 11.5. The molecule has 2 aliphatic rings. The maximum atomic E-state index is 12.6. The van der Waals surface area contributed by atoms with Gasteiger partial charge in [-0.25, -0.2) is 9.97 Å². The molecule has 2 amide bonds. The molecule has 2 aromatic heterocycles. The molecule has 1 fully saturated rings. The normalized spacial score (nSPS) is 17.3. The van der Waals surface area contributed by atoms with Crippen LogP contribution in [0.4, 0.5) is 11.6 Å². The van der Waals surface area contributed by atoms with E-state index < -0.39 is 0 Å². The number of anilines is 2. The molecule has 5 rings (SSSR count). The number of amides is 2. The summed E-state index contributed by atoms with van der Waals surface area (Å²) in [5.74, 6) is 0.598. The van der Waals surface area contributed by atoms with Gasteiger partial charge < -0.3 is 15.1 Å². The first kappa shape index (κ1) is 21.4. The number of benzene rings is 1. The number of rotatable bonds is 4. The number of nitrogens with one attached hydrogen (secondary N) is 1. The Morgan fingerprint density at radius 2 is 1.85 bits per heavy atom. The van der Waals surface area contributed by atoms with Gasteiger partial charge in [-0.05, 0) is 47.4 Å². The Morgan fingerprint density at radius 3 is 2.67 bits per heavy atom. The number of nitrogens with zero attached hydrogens (tertiary/aromatic N) is 4. The lowest BCUT2D eigenvalue weighted by atomic mass is 10.2. The minimum absolute atomic E-state index is 0.00597. The number of fused-ring (bicyclic) bond motifs is 1. The van der Waals surface area contributed by atoms with Gasteiger partial charge in [0.05, 0.1) is 10.6 Å². The van der Waals surface area contributed by atoms with Gasteiger partial charge in [0, 0.05) is 54.4 Å². The highest BCUT2D eigenvalue weighted by Gasteiger charge is 2.22. The van der Waals surface area contributed by atoms with E-state index in [1.807, 2.05) is 52.8 Å². The van der Waals surface area contributed by atoms with Gasteiger partial charge in [-0.2, -0.15) is 0 Å². The number of thiophene rings is 1. The number of hydrogen-bond acceptors (Lipinski definition) is 7. The number of aromatic nitrogens is 2. The Kier molecular flexibility index (Phi) is 6.23. The Hall–Kier alpha value is -3.43. The van der Waals surface area contributed by atoms with Crippen LogP contribution >= 0.6 is 23.1 Å². The summed E-state index contributed by atoms with van der Waals surface area (Å²) in [6.07, 6.45) is 8.80. The Balaban J connectivity index is 1.19. The van der Waals surface area contributed by atoms with E-state index in [4.69, 9.17) is 0 Å². The lowest BCUT2D eigenvalue weighted by Crippen LogP contribution is -2.48. The third-order valence-electron chi connectivity index (χ3n) is 5.34. The summed E-state index contributed by atoms with van der Waals surface area (Å²) in [7, 11) is 0. The van der Waals surface area contributed by atoms with Crippen molar-refractivity contribution in [3.05, 3.63) is 75.6 Å². The number of piperazine rings is 1. The molecule has 166 valence electrons. The molecule has 1 N–H and O–H groups in total. The number of carbonyl (C=O) groups excluding carboxylic acids is 2. The van der Waals surface area contributed by atoms with Gasteiger partial charge in [-0.1, -0.05) is 23.9 Å². The Morgan fingerprint density at radius 1 is 1.06 bits per heavy atom. The molecule has 0 radical (unpaired) electrons. The number of thioether (sulfide) groups is 1. The topological polar surface area (TPSA) is 78.4 Å². The Bertz CT molecular complexity index is 1230. The van der Waals surface area contributed by atoms with Crippen LogP contribution in [0.5, 0.6) is 0 Å².